The number of benzene rings is 3. The summed E-state index contributed by atoms with van der Waals surface area (Å²) in [6.07, 6.45) is 0.150. The van der Waals surface area contributed by atoms with E-state index in [4.69, 9.17) is 33.4 Å². The third-order valence-corrected chi connectivity index (χ3v) is 7.56. The Kier molecular flexibility index (Phi) is 7.68. The van der Waals surface area contributed by atoms with Gasteiger partial charge >= 0.3 is 0 Å². The highest BCUT2D eigenvalue weighted by Gasteiger charge is 2.27. The summed E-state index contributed by atoms with van der Waals surface area (Å²) in [5, 5.41) is 27.8. The maximum atomic E-state index is 13.6. The number of carbonyl (C=O) groups excluding carboxylic acids is 1. The van der Waals surface area contributed by atoms with Gasteiger partial charge in [0.05, 0.1) is 21.3 Å². The van der Waals surface area contributed by atoms with Crippen LogP contribution in [0.4, 0.5) is 0 Å². The van der Waals surface area contributed by atoms with Gasteiger partial charge in [0, 0.05) is 29.1 Å². The van der Waals surface area contributed by atoms with Crippen LogP contribution in [0.2, 0.25) is 10.0 Å². The van der Waals surface area contributed by atoms with Crippen molar-refractivity contribution in [2.45, 2.75) is 24.8 Å². The molecular weight excluding hydrogens is 575 g/mol. The van der Waals surface area contributed by atoms with Crippen LogP contribution in [0.15, 0.2) is 71.6 Å². The number of nitrogens with two attached hydrogens (primary N) is 1. The van der Waals surface area contributed by atoms with E-state index in [0.717, 1.165) is 11.1 Å². The highest BCUT2D eigenvalue weighted by molar-refractivity contribution is 7.89. The van der Waals surface area contributed by atoms with E-state index in [1.807, 2.05) is 31.2 Å². The van der Waals surface area contributed by atoms with Crippen LogP contribution in [0.1, 0.15) is 33.0 Å². The first kappa shape index (κ1) is 27.5. The minimum Gasteiger partial charge on any atom is -0.347 e. The third kappa shape index (κ3) is 5.89. The number of nitrogens with one attached hydrogen (secondary N) is 2. The van der Waals surface area contributed by atoms with Gasteiger partial charge in [0.15, 0.2) is 11.5 Å². The zero-order chi connectivity index (χ0) is 28.4. The molecule has 5 aromatic rings. The van der Waals surface area contributed by atoms with Gasteiger partial charge in [-0.15, -0.1) is 10.2 Å². The van der Waals surface area contributed by atoms with Gasteiger partial charge in [0.25, 0.3) is 5.91 Å². The van der Waals surface area contributed by atoms with Gasteiger partial charge in [0.2, 0.25) is 10.0 Å². The fourth-order valence-corrected chi connectivity index (χ4v) is 5.12. The quantitative estimate of drug-likeness (QED) is 0.245. The molecule has 0 saturated carbocycles. The van der Waals surface area contributed by atoms with Crippen molar-refractivity contribution in [3.8, 4) is 16.9 Å². The molecule has 5 rings (SSSR count). The van der Waals surface area contributed by atoms with Gasteiger partial charge in [0.1, 0.15) is 0 Å². The van der Waals surface area contributed by atoms with E-state index >= 15 is 0 Å². The molecule has 11 nitrogen and oxygen atoms in total. The number of tetrazole rings is 1. The molecular formula is C26H22Cl2N8O3S. The van der Waals surface area contributed by atoms with Crippen LogP contribution < -0.4 is 10.5 Å². The number of H-pyrrole nitrogens is 1. The van der Waals surface area contributed by atoms with E-state index in [0.29, 0.717) is 38.4 Å². The van der Waals surface area contributed by atoms with Crippen molar-refractivity contribution in [2.75, 3.05) is 0 Å². The van der Waals surface area contributed by atoms with Crippen molar-refractivity contribution in [1.82, 2.24) is 35.7 Å². The number of aromatic nitrogens is 6. The average Bonchev–Trinajstić information content (AvgIpc) is 3.56. The molecule has 0 saturated heterocycles. The van der Waals surface area contributed by atoms with Crippen molar-refractivity contribution in [1.29, 1.82) is 0 Å². The molecule has 0 unspecified atom stereocenters. The number of halogens is 2. The van der Waals surface area contributed by atoms with Crippen LogP contribution in [0.5, 0.6) is 0 Å². The molecule has 0 aliphatic heterocycles. The van der Waals surface area contributed by atoms with E-state index in [-0.39, 0.29) is 23.6 Å². The molecule has 0 spiro atoms. The molecule has 3 aromatic carbocycles. The molecule has 14 heteroatoms. The second kappa shape index (κ2) is 11.2. The Morgan fingerprint density at radius 2 is 1.77 bits per heavy atom. The van der Waals surface area contributed by atoms with Crippen LogP contribution >= 0.6 is 23.2 Å². The molecule has 2 aromatic heterocycles. The number of hydrogen-bond acceptors (Lipinski definition) is 7. The fourth-order valence-electron chi connectivity index (χ4n) is 4.11. The summed E-state index contributed by atoms with van der Waals surface area (Å²) in [6.45, 7) is 2.09. The number of sulfonamides is 1. The van der Waals surface area contributed by atoms with Crippen molar-refractivity contribution < 1.29 is 13.2 Å². The number of rotatable bonds is 8. The monoisotopic (exact) mass is 596 g/mol. The fraction of sp³-hybridized carbons (Fsp3) is 0.115. The molecule has 4 N–H and O–H groups in total. The van der Waals surface area contributed by atoms with Crippen molar-refractivity contribution in [3.05, 3.63) is 105 Å². The van der Waals surface area contributed by atoms with Crippen LogP contribution in [0, 0.1) is 6.92 Å². The smallest absolute Gasteiger partial charge is 0.272 e. The topological polar surface area (TPSA) is 162 Å². The first-order valence-electron chi connectivity index (χ1n) is 11.9. The van der Waals surface area contributed by atoms with Crippen LogP contribution in [0.3, 0.4) is 0 Å². The lowest BCUT2D eigenvalue weighted by atomic mass is 10.0. The van der Waals surface area contributed by atoms with Crippen LogP contribution in [-0.4, -0.2) is 44.7 Å². The van der Waals surface area contributed by atoms with Gasteiger partial charge in [-0.1, -0.05) is 70.4 Å². The number of carbonyl (C=O) groups is 1. The lowest BCUT2D eigenvalue weighted by Crippen LogP contribution is -2.24. The molecule has 204 valence electrons. The Morgan fingerprint density at radius 1 is 1.05 bits per heavy atom. The lowest BCUT2D eigenvalue weighted by molar-refractivity contribution is 0.0944. The predicted molar refractivity (Wildman–Crippen MR) is 150 cm³/mol. The third-order valence-electron chi connectivity index (χ3n) is 6.09. The molecule has 0 fully saturated rings. The average molecular weight is 597 g/mol. The van der Waals surface area contributed by atoms with E-state index in [2.05, 4.69) is 25.9 Å². The Hall–Kier alpha value is -4.10. The van der Waals surface area contributed by atoms with E-state index in [9.17, 15) is 13.2 Å². The minimum absolute atomic E-state index is 0.0219. The summed E-state index contributed by atoms with van der Waals surface area (Å²) in [7, 11) is -3.83. The summed E-state index contributed by atoms with van der Waals surface area (Å²) in [5.74, 6) is -0.103. The molecule has 40 heavy (non-hydrogen) atoms. The first-order valence-corrected chi connectivity index (χ1v) is 14.2. The van der Waals surface area contributed by atoms with Crippen molar-refractivity contribution >= 4 is 39.1 Å². The van der Waals surface area contributed by atoms with Crippen molar-refractivity contribution in [2.24, 2.45) is 5.14 Å². The van der Waals surface area contributed by atoms with Gasteiger partial charge in [-0.25, -0.2) is 18.2 Å². The molecule has 0 radical (unpaired) electrons. The van der Waals surface area contributed by atoms with Crippen LogP contribution in [0.25, 0.3) is 16.9 Å². The SMILES string of the molecule is Cc1ccc(-c2c(Cc3nn[nH]n3)c(C(=O)NCc3ccc(S(N)(=O)=O)cc3)nn2-c2ccc(Cl)cc2Cl)cc1. The van der Waals surface area contributed by atoms with E-state index < -0.39 is 15.9 Å². The van der Waals surface area contributed by atoms with E-state index in [1.54, 1.807) is 35.0 Å². The molecule has 0 aliphatic rings. The normalized spacial score (nSPS) is 11.5. The summed E-state index contributed by atoms with van der Waals surface area (Å²) in [4.78, 5) is 13.6. The Labute approximate surface area is 239 Å². The summed E-state index contributed by atoms with van der Waals surface area (Å²) in [6, 6.07) is 18.7. The Bertz CT molecular complexity index is 1790. The molecule has 1 amide bonds. The maximum Gasteiger partial charge on any atom is 0.272 e. The standard InChI is InChI=1S/C26H22Cl2N8O3S/c1-15-2-6-17(7-3-15)25-20(13-23-31-34-35-32-23)24(33-36(25)22-11-8-18(27)12-21(22)28)26(37)30-14-16-4-9-19(10-5-16)40(29,38)39/h2-12H,13-14H2,1H3,(H,30,37)(H2,29,38,39)(H,31,32,34,35). The summed E-state index contributed by atoms with van der Waals surface area (Å²) < 4.78 is 24.7. The zero-order valence-corrected chi connectivity index (χ0v) is 23.3. The number of aryl methyl sites for hydroxylation is 1. The Morgan fingerprint density at radius 3 is 2.40 bits per heavy atom. The van der Waals surface area contributed by atoms with Crippen molar-refractivity contribution in [3.63, 3.8) is 0 Å². The molecule has 2 heterocycles. The number of primary sulfonamides is 1. The molecule has 0 bridgehead atoms. The van der Waals surface area contributed by atoms with Gasteiger partial charge in [-0.05, 0) is 42.8 Å². The zero-order valence-electron chi connectivity index (χ0n) is 21.0. The van der Waals surface area contributed by atoms with Gasteiger partial charge in [-0.3, -0.25) is 4.79 Å². The first-order chi connectivity index (χ1) is 19.1. The summed E-state index contributed by atoms with van der Waals surface area (Å²) >= 11 is 12.7. The number of nitrogens with zero attached hydrogens (tertiary/aromatic N) is 5. The Balaban J connectivity index is 1.60. The lowest BCUT2D eigenvalue weighted by Gasteiger charge is -2.12. The number of hydrogen-bond donors (Lipinski definition) is 3. The number of amides is 1. The van der Waals surface area contributed by atoms with Crippen LogP contribution in [-0.2, 0) is 23.0 Å². The van der Waals surface area contributed by atoms with E-state index in [1.165, 1.54) is 12.1 Å². The largest absolute Gasteiger partial charge is 0.347 e. The summed E-state index contributed by atoms with van der Waals surface area (Å²) in [5.41, 5.74) is 4.35. The maximum absolute atomic E-state index is 13.6. The highest BCUT2D eigenvalue weighted by atomic mass is 35.5. The highest BCUT2D eigenvalue weighted by Crippen LogP contribution is 2.34. The minimum atomic E-state index is -3.83. The molecule has 0 atom stereocenters. The van der Waals surface area contributed by atoms with Gasteiger partial charge < -0.3 is 5.32 Å². The molecule has 0 aliphatic carbocycles. The second-order valence-electron chi connectivity index (χ2n) is 8.93. The second-order valence-corrected chi connectivity index (χ2v) is 11.3. The van der Waals surface area contributed by atoms with Gasteiger partial charge in [-0.2, -0.15) is 10.3 Å². The predicted octanol–water partition coefficient (Wildman–Crippen LogP) is 3.84. The number of aromatic amines is 1.